The maximum Gasteiger partial charge on any atom is 0.258 e. The molecule has 0 atom stereocenters. The van der Waals surface area contributed by atoms with E-state index in [1.165, 1.54) is 13.0 Å². The van der Waals surface area contributed by atoms with E-state index < -0.39 is 17.5 Å². The van der Waals surface area contributed by atoms with Gasteiger partial charge in [0.05, 0.1) is 16.9 Å². The Morgan fingerprint density at radius 3 is 2.38 bits per heavy atom. The van der Waals surface area contributed by atoms with Crippen molar-refractivity contribution in [1.29, 1.82) is 0 Å². The van der Waals surface area contributed by atoms with Crippen molar-refractivity contribution in [3.8, 4) is 0 Å². The van der Waals surface area contributed by atoms with E-state index in [4.69, 9.17) is 5.73 Å². The number of amides is 1. The van der Waals surface area contributed by atoms with Crippen LogP contribution in [0.1, 0.15) is 27.0 Å². The number of anilines is 2. The lowest BCUT2D eigenvalue weighted by molar-refractivity contribution is 0.102. The molecule has 3 N–H and O–H groups in total. The summed E-state index contributed by atoms with van der Waals surface area (Å²) in [6, 6.07) is 5.39. The van der Waals surface area contributed by atoms with Crippen LogP contribution in [0.4, 0.5) is 20.2 Å². The zero-order chi connectivity index (χ0) is 15.7. The van der Waals surface area contributed by atoms with E-state index in [0.29, 0.717) is 17.4 Å². The molecule has 0 fully saturated rings. The topological polar surface area (TPSA) is 55.1 Å². The predicted octanol–water partition coefficient (Wildman–Crippen LogP) is 3.72. The van der Waals surface area contributed by atoms with Gasteiger partial charge in [0.25, 0.3) is 5.91 Å². The van der Waals surface area contributed by atoms with E-state index in [1.54, 1.807) is 6.07 Å². The first-order valence-corrected chi connectivity index (χ1v) is 6.44. The third-order valence-corrected chi connectivity index (χ3v) is 3.50. The zero-order valence-corrected chi connectivity index (χ0v) is 12.1. The number of carbonyl (C=O) groups excluding carboxylic acids is 1. The second-order valence-electron chi connectivity index (χ2n) is 5.01. The van der Waals surface area contributed by atoms with Crippen molar-refractivity contribution in [1.82, 2.24) is 0 Å². The van der Waals surface area contributed by atoms with Crippen molar-refractivity contribution in [2.75, 3.05) is 11.1 Å². The van der Waals surface area contributed by atoms with Gasteiger partial charge in [0.1, 0.15) is 11.6 Å². The van der Waals surface area contributed by atoms with Gasteiger partial charge in [0.15, 0.2) is 0 Å². The second-order valence-corrected chi connectivity index (χ2v) is 5.01. The minimum atomic E-state index is -0.903. The Kier molecular flexibility index (Phi) is 3.93. The number of nitrogens with one attached hydrogen (secondary N) is 1. The van der Waals surface area contributed by atoms with Crippen molar-refractivity contribution >= 4 is 17.3 Å². The first-order valence-electron chi connectivity index (χ1n) is 6.44. The molecule has 0 aliphatic heterocycles. The minimum absolute atomic E-state index is 0.204. The monoisotopic (exact) mass is 290 g/mol. The summed E-state index contributed by atoms with van der Waals surface area (Å²) in [7, 11) is 0. The van der Waals surface area contributed by atoms with E-state index in [-0.39, 0.29) is 11.1 Å². The van der Waals surface area contributed by atoms with E-state index in [0.717, 1.165) is 11.1 Å². The fourth-order valence-corrected chi connectivity index (χ4v) is 2.01. The number of halogens is 2. The number of nitrogens with two attached hydrogens (primary N) is 1. The molecule has 0 aromatic heterocycles. The SMILES string of the molecule is Cc1cc(C(=O)Nc2c(N)ccc(C)c2C)c(F)cc1F. The molecule has 0 aliphatic carbocycles. The van der Waals surface area contributed by atoms with Gasteiger partial charge in [0, 0.05) is 6.07 Å². The highest BCUT2D eigenvalue weighted by Crippen LogP contribution is 2.27. The number of hydrogen-bond acceptors (Lipinski definition) is 2. The van der Waals surface area contributed by atoms with Crippen LogP contribution in [0.3, 0.4) is 0 Å². The lowest BCUT2D eigenvalue weighted by Crippen LogP contribution is -2.16. The first kappa shape index (κ1) is 15.0. The normalized spacial score (nSPS) is 10.5. The fraction of sp³-hybridized carbons (Fsp3) is 0.188. The number of hydrogen-bond donors (Lipinski definition) is 2. The lowest BCUT2D eigenvalue weighted by Gasteiger charge is -2.14. The zero-order valence-electron chi connectivity index (χ0n) is 12.1. The Hall–Kier alpha value is -2.43. The molecule has 2 rings (SSSR count). The van der Waals surface area contributed by atoms with Crippen molar-refractivity contribution in [3.63, 3.8) is 0 Å². The van der Waals surface area contributed by atoms with Gasteiger partial charge in [-0.05, 0) is 49.6 Å². The standard InChI is InChI=1S/C16H16F2N2O/c1-8-4-5-14(19)15(10(8)3)20-16(21)11-6-9(2)12(17)7-13(11)18/h4-7H,19H2,1-3H3,(H,20,21). The van der Waals surface area contributed by atoms with Gasteiger partial charge in [-0.2, -0.15) is 0 Å². The lowest BCUT2D eigenvalue weighted by atomic mass is 10.1. The third kappa shape index (κ3) is 2.86. The number of nitrogen functional groups attached to an aromatic ring is 1. The Balaban J connectivity index is 2.40. The van der Waals surface area contributed by atoms with Gasteiger partial charge in [-0.1, -0.05) is 6.07 Å². The quantitative estimate of drug-likeness (QED) is 0.828. The molecule has 5 heteroatoms. The van der Waals surface area contributed by atoms with Crippen LogP contribution in [0.5, 0.6) is 0 Å². The smallest absolute Gasteiger partial charge is 0.258 e. The highest BCUT2D eigenvalue weighted by atomic mass is 19.1. The number of aryl methyl sites for hydroxylation is 2. The Morgan fingerprint density at radius 2 is 1.71 bits per heavy atom. The molecule has 2 aromatic carbocycles. The van der Waals surface area contributed by atoms with Gasteiger partial charge in [0.2, 0.25) is 0 Å². The van der Waals surface area contributed by atoms with Crippen LogP contribution in [-0.4, -0.2) is 5.91 Å². The summed E-state index contributed by atoms with van der Waals surface area (Å²) < 4.78 is 27.0. The van der Waals surface area contributed by atoms with Crippen LogP contribution in [0.25, 0.3) is 0 Å². The molecule has 0 radical (unpaired) electrons. The molecule has 0 heterocycles. The van der Waals surface area contributed by atoms with Crippen LogP contribution < -0.4 is 11.1 Å². The molecule has 0 unspecified atom stereocenters. The Labute approximate surface area is 121 Å². The molecule has 3 nitrogen and oxygen atoms in total. The highest BCUT2D eigenvalue weighted by Gasteiger charge is 2.17. The van der Waals surface area contributed by atoms with Crippen LogP contribution in [0, 0.1) is 32.4 Å². The third-order valence-electron chi connectivity index (χ3n) is 3.50. The second kappa shape index (κ2) is 5.52. The van der Waals surface area contributed by atoms with Crippen molar-refractivity contribution < 1.29 is 13.6 Å². The Bertz CT molecular complexity index is 727. The molecule has 0 saturated heterocycles. The average Bonchev–Trinajstić information content (AvgIpc) is 2.43. The number of carbonyl (C=O) groups is 1. The summed E-state index contributed by atoms with van der Waals surface area (Å²) in [5.74, 6) is -2.24. The fourth-order valence-electron chi connectivity index (χ4n) is 2.01. The first-order chi connectivity index (χ1) is 9.81. The van der Waals surface area contributed by atoms with Crippen molar-refractivity contribution in [3.05, 3.63) is 58.2 Å². The molecule has 0 saturated carbocycles. The summed E-state index contributed by atoms with van der Waals surface area (Å²) in [5, 5.41) is 2.60. The minimum Gasteiger partial charge on any atom is -0.397 e. The van der Waals surface area contributed by atoms with Gasteiger partial charge >= 0.3 is 0 Å². The van der Waals surface area contributed by atoms with Gasteiger partial charge in [-0.3, -0.25) is 4.79 Å². The molecule has 0 spiro atoms. The molecule has 0 bridgehead atoms. The van der Waals surface area contributed by atoms with Gasteiger partial charge in [-0.15, -0.1) is 0 Å². The number of rotatable bonds is 2. The molecule has 0 aliphatic rings. The molecule has 2 aromatic rings. The molecule has 1 amide bonds. The van der Waals surface area contributed by atoms with E-state index in [2.05, 4.69) is 5.32 Å². The summed E-state index contributed by atoms with van der Waals surface area (Å²) in [5.41, 5.74) is 8.43. The summed E-state index contributed by atoms with van der Waals surface area (Å²) in [4.78, 5) is 12.2. The summed E-state index contributed by atoms with van der Waals surface area (Å²) in [6.45, 7) is 5.17. The van der Waals surface area contributed by atoms with Crippen molar-refractivity contribution in [2.24, 2.45) is 0 Å². The maximum atomic E-state index is 13.7. The molecular weight excluding hydrogens is 274 g/mol. The summed E-state index contributed by atoms with van der Waals surface area (Å²) >= 11 is 0. The predicted molar refractivity (Wildman–Crippen MR) is 79.4 cm³/mol. The molecule has 110 valence electrons. The van der Waals surface area contributed by atoms with Crippen LogP contribution in [0.15, 0.2) is 24.3 Å². The van der Waals surface area contributed by atoms with E-state index in [1.807, 2.05) is 19.9 Å². The van der Waals surface area contributed by atoms with Crippen LogP contribution in [-0.2, 0) is 0 Å². The molecule has 21 heavy (non-hydrogen) atoms. The van der Waals surface area contributed by atoms with E-state index in [9.17, 15) is 13.6 Å². The summed E-state index contributed by atoms with van der Waals surface area (Å²) in [6.07, 6.45) is 0. The van der Waals surface area contributed by atoms with Crippen LogP contribution in [0.2, 0.25) is 0 Å². The maximum absolute atomic E-state index is 13.7. The Morgan fingerprint density at radius 1 is 1.05 bits per heavy atom. The van der Waals surface area contributed by atoms with Gasteiger partial charge in [-0.25, -0.2) is 8.78 Å². The van der Waals surface area contributed by atoms with Crippen LogP contribution >= 0.6 is 0 Å². The average molecular weight is 290 g/mol. The van der Waals surface area contributed by atoms with Gasteiger partial charge < -0.3 is 11.1 Å². The molecular formula is C16H16F2N2O. The number of benzene rings is 2. The highest BCUT2D eigenvalue weighted by molar-refractivity contribution is 6.06. The van der Waals surface area contributed by atoms with Crippen molar-refractivity contribution in [2.45, 2.75) is 20.8 Å². The largest absolute Gasteiger partial charge is 0.397 e. The van der Waals surface area contributed by atoms with E-state index >= 15 is 0 Å².